The molecule has 0 fully saturated rings. The third kappa shape index (κ3) is 2.40. The van der Waals surface area contributed by atoms with E-state index in [1.54, 1.807) is 18.9 Å². The first-order valence-corrected chi connectivity index (χ1v) is 5.63. The van der Waals surface area contributed by atoms with Crippen LogP contribution in [-0.4, -0.2) is 24.0 Å². The van der Waals surface area contributed by atoms with Crippen LogP contribution in [0.15, 0.2) is 24.3 Å². The molecule has 1 aromatic heterocycles. The van der Waals surface area contributed by atoms with Crippen LogP contribution in [0.4, 0.5) is 5.82 Å². The molecule has 0 atom stereocenters. The Bertz CT molecular complexity index is 530. The maximum atomic E-state index is 5.75. The zero-order valence-electron chi connectivity index (χ0n) is 10.8. The smallest absolute Gasteiger partial charge is 0.160 e. The van der Waals surface area contributed by atoms with Crippen LogP contribution in [0.2, 0.25) is 0 Å². The summed E-state index contributed by atoms with van der Waals surface area (Å²) >= 11 is 0. The maximum absolute atomic E-state index is 5.75. The van der Waals surface area contributed by atoms with Gasteiger partial charge in [-0.3, -0.25) is 4.68 Å². The van der Waals surface area contributed by atoms with Gasteiger partial charge in [-0.25, -0.2) is 0 Å². The zero-order chi connectivity index (χ0) is 13.1. The molecule has 0 spiro atoms. The van der Waals surface area contributed by atoms with Crippen molar-refractivity contribution in [2.75, 3.05) is 20.0 Å². The molecule has 2 aromatic rings. The summed E-state index contributed by atoms with van der Waals surface area (Å²) in [7, 11) is 5.07. The number of aromatic nitrogens is 2. The lowest BCUT2D eigenvalue weighted by Crippen LogP contribution is -1.97. The van der Waals surface area contributed by atoms with Gasteiger partial charge in [-0.2, -0.15) is 5.10 Å². The first kappa shape index (κ1) is 12.3. The van der Waals surface area contributed by atoms with Crippen LogP contribution in [0.5, 0.6) is 11.5 Å². The summed E-state index contributed by atoms with van der Waals surface area (Å²) in [6, 6.07) is 7.70. The van der Waals surface area contributed by atoms with Crippen molar-refractivity contribution in [3.63, 3.8) is 0 Å². The summed E-state index contributed by atoms with van der Waals surface area (Å²) in [6.07, 6.45) is 0.714. The van der Waals surface area contributed by atoms with Gasteiger partial charge in [0.15, 0.2) is 11.5 Å². The lowest BCUT2D eigenvalue weighted by Gasteiger charge is -2.08. The van der Waals surface area contributed by atoms with E-state index in [9.17, 15) is 0 Å². The van der Waals surface area contributed by atoms with Gasteiger partial charge in [0.05, 0.1) is 19.9 Å². The van der Waals surface area contributed by atoms with Crippen LogP contribution in [0.25, 0.3) is 0 Å². The lowest BCUT2D eigenvalue weighted by molar-refractivity contribution is 0.354. The molecule has 0 unspecified atom stereocenters. The number of nitrogens with two attached hydrogens (primary N) is 1. The summed E-state index contributed by atoms with van der Waals surface area (Å²) < 4.78 is 12.1. The minimum atomic E-state index is 0.658. The second-order valence-corrected chi connectivity index (χ2v) is 4.05. The Morgan fingerprint density at radius 2 is 1.89 bits per heavy atom. The fraction of sp³-hybridized carbons (Fsp3) is 0.308. The molecule has 18 heavy (non-hydrogen) atoms. The van der Waals surface area contributed by atoms with Gasteiger partial charge in [0, 0.05) is 19.5 Å². The third-order valence-electron chi connectivity index (χ3n) is 2.80. The topological polar surface area (TPSA) is 62.3 Å². The number of benzene rings is 1. The second-order valence-electron chi connectivity index (χ2n) is 4.05. The number of nitrogen functional groups attached to an aromatic ring is 1. The number of hydrogen-bond acceptors (Lipinski definition) is 4. The Morgan fingerprint density at radius 3 is 2.44 bits per heavy atom. The van der Waals surface area contributed by atoms with Crippen LogP contribution in [0.3, 0.4) is 0 Å². The number of hydrogen-bond donors (Lipinski definition) is 1. The van der Waals surface area contributed by atoms with E-state index in [2.05, 4.69) is 5.10 Å². The summed E-state index contributed by atoms with van der Waals surface area (Å²) in [5.41, 5.74) is 7.79. The van der Waals surface area contributed by atoms with E-state index in [0.717, 1.165) is 22.8 Å². The molecule has 1 heterocycles. The average Bonchev–Trinajstić information content (AvgIpc) is 2.68. The number of nitrogens with zero attached hydrogens (tertiary/aromatic N) is 2. The van der Waals surface area contributed by atoms with E-state index in [-0.39, 0.29) is 0 Å². The molecule has 1 aromatic carbocycles. The highest BCUT2D eigenvalue weighted by molar-refractivity contribution is 5.44. The van der Waals surface area contributed by atoms with Crippen molar-refractivity contribution in [1.29, 1.82) is 0 Å². The molecule has 0 bridgehead atoms. The maximum Gasteiger partial charge on any atom is 0.160 e. The Morgan fingerprint density at radius 1 is 1.17 bits per heavy atom. The van der Waals surface area contributed by atoms with Crippen molar-refractivity contribution in [2.45, 2.75) is 6.42 Å². The highest BCUT2D eigenvalue weighted by atomic mass is 16.5. The Labute approximate surface area is 106 Å². The van der Waals surface area contributed by atoms with Gasteiger partial charge in [-0.1, -0.05) is 6.07 Å². The Balaban J connectivity index is 2.24. The van der Waals surface area contributed by atoms with E-state index in [1.165, 1.54) is 0 Å². The van der Waals surface area contributed by atoms with Crippen LogP contribution in [0, 0.1) is 0 Å². The van der Waals surface area contributed by atoms with Crippen molar-refractivity contribution in [3.05, 3.63) is 35.5 Å². The molecule has 0 saturated carbocycles. The average molecular weight is 247 g/mol. The van der Waals surface area contributed by atoms with Gasteiger partial charge in [0.25, 0.3) is 0 Å². The number of ether oxygens (including phenoxy) is 2. The highest BCUT2D eigenvalue weighted by Crippen LogP contribution is 2.28. The van der Waals surface area contributed by atoms with Crippen molar-refractivity contribution < 1.29 is 9.47 Å². The lowest BCUT2D eigenvalue weighted by atomic mass is 10.1. The highest BCUT2D eigenvalue weighted by Gasteiger charge is 2.07. The standard InChI is InChI=1S/C13H17N3O2/c1-16-13(14)8-10(15-16)6-9-4-5-11(17-2)12(7-9)18-3/h4-5,7-8H,6,14H2,1-3H3. The molecule has 0 aliphatic rings. The summed E-state index contributed by atoms with van der Waals surface area (Å²) in [4.78, 5) is 0. The first-order valence-electron chi connectivity index (χ1n) is 5.63. The molecular formula is C13H17N3O2. The van der Waals surface area contributed by atoms with Gasteiger partial charge in [-0.05, 0) is 17.7 Å². The molecule has 0 saturated heterocycles. The summed E-state index contributed by atoms with van der Waals surface area (Å²) in [5.74, 6) is 2.10. The number of methoxy groups -OCH3 is 2. The van der Waals surface area contributed by atoms with Gasteiger partial charge < -0.3 is 15.2 Å². The van der Waals surface area contributed by atoms with Gasteiger partial charge >= 0.3 is 0 Å². The Hall–Kier alpha value is -2.17. The number of anilines is 1. The molecular weight excluding hydrogens is 230 g/mol. The third-order valence-corrected chi connectivity index (χ3v) is 2.80. The molecule has 5 heteroatoms. The van der Waals surface area contributed by atoms with Crippen molar-refractivity contribution in [1.82, 2.24) is 9.78 Å². The molecule has 2 rings (SSSR count). The number of aryl methyl sites for hydroxylation is 1. The second kappa shape index (κ2) is 5.00. The quantitative estimate of drug-likeness (QED) is 0.891. The van der Waals surface area contributed by atoms with Crippen LogP contribution < -0.4 is 15.2 Å². The predicted molar refractivity (Wildman–Crippen MR) is 70.0 cm³/mol. The molecule has 5 nitrogen and oxygen atoms in total. The van der Waals surface area contributed by atoms with E-state index in [4.69, 9.17) is 15.2 Å². The molecule has 0 amide bonds. The van der Waals surface area contributed by atoms with Crippen LogP contribution >= 0.6 is 0 Å². The molecule has 0 aliphatic heterocycles. The minimum absolute atomic E-state index is 0.658. The largest absolute Gasteiger partial charge is 0.493 e. The van der Waals surface area contributed by atoms with E-state index >= 15 is 0 Å². The molecule has 0 radical (unpaired) electrons. The van der Waals surface area contributed by atoms with Crippen LogP contribution in [-0.2, 0) is 13.5 Å². The van der Waals surface area contributed by atoms with E-state index < -0.39 is 0 Å². The van der Waals surface area contributed by atoms with Crippen molar-refractivity contribution in [3.8, 4) is 11.5 Å². The summed E-state index contributed by atoms with van der Waals surface area (Å²) in [5, 5.41) is 4.32. The van der Waals surface area contributed by atoms with Crippen LogP contribution in [0.1, 0.15) is 11.3 Å². The van der Waals surface area contributed by atoms with Gasteiger partial charge in [0.2, 0.25) is 0 Å². The molecule has 96 valence electrons. The van der Waals surface area contributed by atoms with Gasteiger partial charge in [0.1, 0.15) is 5.82 Å². The monoisotopic (exact) mass is 247 g/mol. The molecule has 0 aliphatic carbocycles. The number of rotatable bonds is 4. The fourth-order valence-electron chi connectivity index (χ4n) is 1.83. The normalized spacial score (nSPS) is 10.4. The van der Waals surface area contributed by atoms with Crippen molar-refractivity contribution >= 4 is 5.82 Å². The fourth-order valence-corrected chi connectivity index (χ4v) is 1.83. The van der Waals surface area contributed by atoms with E-state index in [1.807, 2.05) is 31.3 Å². The molecule has 2 N–H and O–H groups in total. The SMILES string of the molecule is COc1ccc(Cc2cc(N)n(C)n2)cc1OC. The minimum Gasteiger partial charge on any atom is -0.493 e. The van der Waals surface area contributed by atoms with Crippen molar-refractivity contribution in [2.24, 2.45) is 7.05 Å². The predicted octanol–water partition coefficient (Wildman–Crippen LogP) is 1.61. The van der Waals surface area contributed by atoms with Gasteiger partial charge in [-0.15, -0.1) is 0 Å². The van der Waals surface area contributed by atoms with E-state index in [0.29, 0.717) is 12.2 Å². The first-order chi connectivity index (χ1) is 8.63. The zero-order valence-corrected chi connectivity index (χ0v) is 10.8. The summed E-state index contributed by atoms with van der Waals surface area (Å²) in [6.45, 7) is 0. The Kier molecular flexibility index (Phi) is 3.41.